The number of rotatable bonds is 4. The van der Waals surface area contributed by atoms with Crippen molar-refractivity contribution in [2.24, 2.45) is 5.92 Å². The number of anilines is 1. The summed E-state index contributed by atoms with van der Waals surface area (Å²) in [4.78, 5) is 39.9. The second-order valence-electron chi connectivity index (χ2n) is 11.1. The zero-order valence-electron chi connectivity index (χ0n) is 21.3. The SMILES string of the molecule is COC(=O)c1cc2c(F)cc(N3CC[C@@H](C4(NC(=O)OC(C)(C)C)CC4)C3)c3c2n(c1=O)[C@@H](C)CO3. The number of nitrogens with zero attached hydrogens (tertiary/aromatic N) is 2. The summed E-state index contributed by atoms with van der Waals surface area (Å²) in [5.41, 5.74) is -0.719. The van der Waals surface area contributed by atoms with E-state index < -0.39 is 29.0 Å². The van der Waals surface area contributed by atoms with E-state index in [0.29, 0.717) is 30.0 Å². The van der Waals surface area contributed by atoms with Crippen molar-refractivity contribution >= 4 is 28.7 Å². The summed E-state index contributed by atoms with van der Waals surface area (Å²) in [7, 11) is 1.19. The molecule has 0 spiro atoms. The van der Waals surface area contributed by atoms with Crippen LogP contribution in [0.25, 0.3) is 10.9 Å². The van der Waals surface area contributed by atoms with Crippen LogP contribution in [-0.4, -0.2) is 54.6 Å². The van der Waals surface area contributed by atoms with E-state index >= 15 is 4.39 Å². The summed E-state index contributed by atoms with van der Waals surface area (Å²) in [5.74, 6) is -0.744. The molecule has 36 heavy (non-hydrogen) atoms. The lowest BCUT2D eigenvalue weighted by molar-refractivity contribution is 0.0476. The fourth-order valence-corrected chi connectivity index (χ4v) is 5.47. The Labute approximate surface area is 208 Å². The summed E-state index contributed by atoms with van der Waals surface area (Å²) in [6.45, 7) is 8.77. The highest BCUT2D eigenvalue weighted by Gasteiger charge is 2.53. The summed E-state index contributed by atoms with van der Waals surface area (Å²) in [5, 5.41) is 3.22. The predicted octanol–water partition coefficient (Wildman–Crippen LogP) is 3.76. The van der Waals surface area contributed by atoms with Gasteiger partial charge in [0, 0.05) is 36.0 Å². The van der Waals surface area contributed by atoms with Crippen LogP contribution in [0.15, 0.2) is 16.9 Å². The molecule has 1 saturated heterocycles. The molecule has 2 atom stereocenters. The minimum Gasteiger partial charge on any atom is -0.487 e. The van der Waals surface area contributed by atoms with Gasteiger partial charge in [0.25, 0.3) is 5.56 Å². The summed E-state index contributed by atoms with van der Waals surface area (Å²) in [6.07, 6.45) is 2.13. The maximum absolute atomic E-state index is 15.5. The van der Waals surface area contributed by atoms with E-state index in [4.69, 9.17) is 14.2 Å². The Morgan fingerprint density at radius 3 is 2.61 bits per heavy atom. The maximum Gasteiger partial charge on any atom is 0.408 e. The van der Waals surface area contributed by atoms with Gasteiger partial charge in [-0.25, -0.2) is 14.0 Å². The average molecular weight is 502 g/mol. The van der Waals surface area contributed by atoms with Crippen molar-refractivity contribution in [2.75, 3.05) is 31.7 Å². The molecule has 1 aromatic carbocycles. The van der Waals surface area contributed by atoms with Crippen LogP contribution < -0.4 is 20.5 Å². The predicted molar refractivity (Wildman–Crippen MR) is 131 cm³/mol. The van der Waals surface area contributed by atoms with E-state index in [1.165, 1.54) is 23.8 Å². The zero-order chi connectivity index (χ0) is 26.0. The van der Waals surface area contributed by atoms with Crippen LogP contribution in [0.3, 0.4) is 0 Å². The van der Waals surface area contributed by atoms with Gasteiger partial charge in [0.05, 0.1) is 24.4 Å². The molecule has 2 fully saturated rings. The van der Waals surface area contributed by atoms with Crippen LogP contribution in [0.5, 0.6) is 5.75 Å². The Bertz CT molecular complexity index is 1310. The van der Waals surface area contributed by atoms with Crippen molar-refractivity contribution in [3.63, 3.8) is 0 Å². The van der Waals surface area contributed by atoms with E-state index in [9.17, 15) is 14.4 Å². The Morgan fingerprint density at radius 1 is 1.25 bits per heavy atom. The highest BCUT2D eigenvalue weighted by atomic mass is 19.1. The third kappa shape index (κ3) is 4.06. The number of carbonyl (C=O) groups is 2. The number of aromatic nitrogens is 1. The van der Waals surface area contributed by atoms with Crippen LogP contribution in [0.4, 0.5) is 14.9 Å². The van der Waals surface area contributed by atoms with Gasteiger partial charge in [-0.3, -0.25) is 9.36 Å². The van der Waals surface area contributed by atoms with E-state index in [2.05, 4.69) is 10.2 Å². The number of carbonyl (C=O) groups excluding carboxylic acids is 2. The first-order valence-corrected chi connectivity index (χ1v) is 12.3. The van der Waals surface area contributed by atoms with Gasteiger partial charge in [-0.05, 0) is 53.0 Å². The van der Waals surface area contributed by atoms with Crippen molar-refractivity contribution in [1.82, 2.24) is 9.88 Å². The number of pyridine rings is 1. The molecule has 1 aliphatic carbocycles. The second kappa shape index (κ2) is 8.38. The van der Waals surface area contributed by atoms with Gasteiger partial charge in [0.1, 0.15) is 23.6 Å². The molecule has 2 aliphatic heterocycles. The van der Waals surface area contributed by atoms with E-state index in [-0.39, 0.29) is 35.1 Å². The lowest BCUT2D eigenvalue weighted by Crippen LogP contribution is -2.45. The third-order valence-corrected chi connectivity index (χ3v) is 7.37. The van der Waals surface area contributed by atoms with E-state index in [1.54, 1.807) is 6.92 Å². The zero-order valence-corrected chi connectivity index (χ0v) is 21.3. The van der Waals surface area contributed by atoms with Crippen molar-refractivity contribution in [1.29, 1.82) is 0 Å². The molecule has 3 aliphatic rings. The molecule has 1 aromatic heterocycles. The van der Waals surface area contributed by atoms with Gasteiger partial charge < -0.3 is 24.4 Å². The lowest BCUT2D eigenvalue weighted by Gasteiger charge is -2.31. The molecule has 10 heteroatoms. The van der Waals surface area contributed by atoms with E-state index in [1.807, 2.05) is 20.8 Å². The van der Waals surface area contributed by atoms with Crippen molar-refractivity contribution in [3.05, 3.63) is 33.9 Å². The normalized spacial score (nSPS) is 22.2. The minimum atomic E-state index is -0.802. The molecule has 194 valence electrons. The Kier molecular flexibility index (Phi) is 5.68. The van der Waals surface area contributed by atoms with Gasteiger partial charge in [-0.2, -0.15) is 0 Å². The number of hydrogen-bond acceptors (Lipinski definition) is 7. The number of alkyl carbamates (subject to hydrolysis) is 1. The molecule has 1 N–H and O–H groups in total. The molecule has 2 aromatic rings. The number of hydrogen-bond donors (Lipinski definition) is 1. The van der Waals surface area contributed by atoms with Crippen LogP contribution in [-0.2, 0) is 9.47 Å². The number of ether oxygens (including phenoxy) is 3. The van der Waals surface area contributed by atoms with Gasteiger partial charge in [-0.15, -0.1) is 0 Å². The van der Waals surface area contributed by atoms with Gasteiger partial charge in [0.2, 0.25) is 0 Å². The Hall–Kier alpha value is -3.30. The fourth-order valence-electron chi connectivity index (χ4n) is 5.47. The van der Waals surface area contributed by atoms with Crippen LogP contribution in [0.1, 0.15) is 63.4 Å². The molecule has 1 saturated carbocycles. The average Bonchev–Trinajstić information content (AvgIpc) is 3.39. The molecule has 1 amide bonds. The topological polar surface area (TPSA) is 99.1 Å². The third-order valence-electron chi connectivity index (χ3n) is 7.37. The first-order chi connectivity index (χ1) is 16.9. The molecular formula is C26H32FN3O6. The summed E-state index contributed by atoms with van der Waals surface area (Å²) >= 11 is 0. The Balaban J connectivity index is 1.49. The van der Waals surface area contributed by atoms with Crippen LogP contribution in [0.2, 0.25) is 0 Å². The van der Waals surface area contributed by atoms with Crippen LogP contribution >= 0.6 is 0 Å². The van der Waals surface area contributed by atoms with Crippen molar-refractivity contribution in [3.8, 4) is 5.75 Å². The Morgan fingerprint density at radius 2 is 1.97 bits per heavy atom. The second-order valence-corrected chi connectivity index (χ2v) is 11.1. The van der Waals surface area contributed by atoms with Gasteiger partial charge in [0.15, 0.2) is 5.75 Å². The standard InChI is InChI=1S/C26H32FN3O6/c1-14-13-35-21-19(11-18(27)16-10-17(23(32)34-5)22(31)30(14)20(16)21)29-9-6-15(12-29)26(7-8-26)28-24(33)36-25(2,3)4/h10-11,14-15H,6-9,12-13H2,1-5H3,(H,28,33)/t14-,15+/m0/s1. The molecule has 0 unspecified atom stereocenters. The highest BCUT2D eigenvalue weighted by molar-refractivity contribution is 5.98. The monoisotopic (exact) mass is 501 g/mol. The first-order valence-electron chi connectivity index (χ1n) is 12.3. The molecule has 3 heterocycles. The summed E-state index contributed by atoms with van der Waals surface area (Å²) < 4.78 is 33.2. The first kappa shape index (κ1) is 24.4. The largest absolute Gasteiger partial charge is 0.487 e. The molecule has 9 nitrogen and oxygen atoms in total. The number of amides is 1. The molecular weight excluding hydrogens is 469 g/mol. The number of esters is 1. The smallest absolute Gasteiger partial charge is 0.408 e. The lowest BCUT2D eigenvalue weighted by atomic mass is 9.96. The molecule has 0 bridgehead atoms. The maximum atomic E-state index is 15.5. The number of benzene rings is 1. The molecule has 5 rings (SSSR count). The quantitative estimate of drug-likeness (QED) is 0.637. The van der Waals surface area contributed by atoms with Gasteiger partial charge in [-0.1, -0.05) is 0 Å². The number of methoxy groups -OCH3 is 1. The number of halogens is 1. The molecule has 0 radical (unpaired) electrons. The summed E-state index contributed by atoms with van der Waals surface area (Å²) in [6, 6.07) is 2.28. The van der Waals surface area contributed by atoms with E-state index in [0.717, 1.165) is 19.3 Å². The minimum absolute atomic E-state index is 0.140. The van der Waals surface area contributed by atoms with Gasteiger partial charge >= 0.3 is 12.1 Å². The van der Waals surface area contributed by atoms with Crippen molar-refractivity contribution in [2.45, 2.75) is 64.1 Å². The fraction of sp³-hybridized carbons (Fsp3) is 0.577. The van der Waals surface area contributed by atoms with Crippen LogP contribution in [0, 0.1) is 11.7 Å². The van der Waals surface area contributed by atoms with Crippen molar-refractivity contribution < 1.29 is 28.2 Å². The number of nitrogens with one attached hydrogen (secondary N) is 1. The highest BCUT2D eigenvalue weighted by Crippen LogP contribution is 2.49.